The van der Waals surface area contributed by atoms with E-state index in [0.29, 0.717) is 23.3 Å². The van der Waals surface area contributed by atoms with Crippen molar-refractivity contribution in [1.82, 2.24) is 10.3 Å². The van der Waals surface area contributed by atoms with Crippen LogP contribution in [0.15, 0.2) is 23.4 Å². The van der Waals surface area contributed by atoms with E-state index in [-0.39, 0.29) is 5.91 Å². The number of amides is 1. The minimum atomic E-state index is -0.0387. The lowest BCUT2D eigenvalue weighted by molar-refractivity contribution is 0.0941. The van der Waals surface area contributed by atoms with Gasteiger partial charge in [-0.25, -0.2) is 4.98 Å². The first-order valence-corrected chi connectivity index (χ1v) is 7.52. The molecule has 1 aliphatic heterocycles. The number of ether oxygens (including phenoxy) is 1. The number of pyridine rings is 1. The summed E-state index contributed by atoms with van der Waals surface area (Å²) in [4.78, 5) is 16.5. The average molecular weight is 280 g/mol. The Bertz CT molecular complexity index is 431. The molecule has 0 aliphatic carbocycles. The van der Waals surface area contributed by atoms with Gasteiger partial charge >= 0.3 is 0 Å². The summed E-state index contributed by atoms with van der Waals surface area (Å²) >= 11 is 1.61. The van der Waals surface area contributed by atoms with Gasteiger partial charge in [0.1, 0.15) is 5.03 Å². The SMILES string of the molecule is CC(C)Sc1ncccc1C(=O)NCC1CCOC1. The van der Waals surface area contributed by atoms with Gasteiger partial charge in [-0.15, -0.1) is 11.8 Å². The topological polar surface area (TPSA) is 51.2 Å². The minimum absolute atomic E-state index is 0.0387. The monoisotopic (exact) mass is 280 g/mol. The first kappa shape index (κ1) is 14.3. The molecule has 4 nitrogen and oxygen atoms in total. The number of nitrogens with one attached hydrogen (secondary N) is 1. The molecule has 1 amide bonds. The maximum absolute atomic E-state index is 12.2. The van der Waals surface area contributed by atoms with Crippen LogP contribution in [0.1, 0.15) is 30.6 Å². The number of thioether (sulfide) groups is 1. The summed E-state index contributed by atoms with van der Waals surface area (Å²) in [5, 5.41) is 4.19. The van der Waals surface area contributed by atoms with Crippen LogP contribution in [0, 0.1) is 5.92 Å². The molecule has 1 aliphatic rings. The Morgan fingerprint density at radius 1 is 1.63 bits per heavy atom. The smallest absolute Gasteiger partial charge is 0.254 e. The molecular weight excluding hydrogens is 260 g/mol. The van der Waals surface area contributed by atoms with E-state index in [9.17, 15) is 4.79 Å². The molecule has 1 aromatic rings. The number of nitrogens with zero attached hydrogens (tertiary/aromatic N) is 1. The Kier molecular flexibility index (Phi) is 5.22. The summed E-state index contributed by atoms with van der Waals surface area (Å²) in [7, 11) is 0. The van der Waals surface area contributed by atoms with Crippen molar-refractivity contribution >= 4 is 17.7 Å². The zero-order valence-electron chi connectivity index (χ0n) is 11.4. The molecule has 1 aromatic heterocycles. The van der Waals surface area contributed by atoms with Crippen LogP contribution in [-0.2, 0) is 4.74 Å². The van der Waals surface area contributed by atoms with Crippen LogP contribution in [0.25, 0.3) is 0 Å². The average Bonchev–Trinajstić information content (AvgIpc) is 2.89. The van der Waals surface area contributed by atoms with Crippen molar-refractivity contribution in [1.29, 1.82) is 0 Å². The van der Waals surface area contributed by atoms with E-state index in [4.69, 9.17) is 4.74 Å². The molecule has 1 fully saturated rings. The van der Waals surface area contributed by atoms with Crippen LogP contribution in [-0.4, -0.2) is 35.9 Å². The van der Waals surface area contributed by atoms with Gasteiger partial charge in [-0.05, 0) is 18.6 Å². The second kappa shape index (κ2) is 6.91. The highest BCUT2D eigenvalue weighted by Crippen LogP contribution is 2.24. The third-order valence-electron chi connectivity index (χ3n) is 2.94. The fourth-order valence-electron chi connectivity index (χ4n) is 1.96. The van der Waals surface area contributed by atoms with Gasteiger partial charge in [-0.1, -0.05) is 13.8 Å². The second-order valence-corrected chi connectivity index (χ2v) is 6.53. The molecular formula is C14H20N2O2S. The van der Waals surface area contributed by atoms with Crippen molar-refractivity contribution in [2.45, 2.75) is 30.5 Å². The normalized spacial score (nSPS) is 18.8. The van der Waals surface area contributed by atoms with Crippen molar-refractivity contribution in [2.24, 2.45) is 5.92 Å². The highest BCUT2D eigenvalue weighted by atomic mass is 32.2. The molecule has 1 atom stereocenters. The van der Waals surface area contributed by atoms with Crippen LogP contribution < -0.4 is 5.32 Å². The highest BCUT2D eigenvalue weighted by molar-refractivity contribution is 7.99. The standard InChI is InChI=1S/C14H20N2O2S/c1-10(2)19-14-12(4-3-6-15-14)13(17)16-8-11-5-7-18-9-11/h3-4,6,10-11H,5,7-9H2,1-2H3,(H,16,17). The van der Waals surface area contributed by atoms with Crippen molar-refractivity contribution < 1.29 is 9.53 Å². The van der Waals surface area contributed by atoms with Gasteiger partial charge < -0.3 is 10.1 Å². The number of carbonyl (C=O) groups is 1. The lowest BCUT2D eigenvalue weighted by atomic mass is 10.1. The van der Waals surface area contributed by atoms with Crippen molar-refractivity contribution in [3.8, 4) is 0 Å². The number of carbonyl (C=O) groups excluding carboxylic acids is 1. The first-order valence-electron chi connectivity index (χ1n) is 6.64. The molecule has 0 aromatic carbocycles. The summed E-state index contributed by atoms with van der Waals surface area (Å²) in [6, 6.07) is 3.64. The largest absolute Gasteiger partial charge is 0.381 e. The van der Waals surface area contributed by atoms with E-state index < -0.39 is 0 Å². The van der Waals surface area contributed by atoms with Gasteiger partial charge in [-0.2, -0.15) is 0 Å². The van der Waals surface area contributed by atoms with Gasteiger partial charge in [0.15, 0.2) is 0 Å². The zero-order chi connectivity index (χ0) is 13.7. The van der Waals surface area contributed by atoms with Gasteiger partial charge in [0, 0.05) is 30.5 Å². The molecule has 19 heavy (non-hydrogen) atoms. The fraction of sp³-hybridized carbons (Fsp3) is 0.571. The number of aromatic nitrogens is 1. The first-order chi connectivity index (χ1) is 9.16. The van der Waals surface area contributed by atoms with E-state index >= 15 is 0 Å². The molecule has 0 spiro atoms. The predicted molar refractivity (Wildman–Crippen MR) is 76.5 cm³/mol. The number of hydrogen-bond donors (Lipinski definition) is 1. The molecule has 2 heterocycles. The summed E-state index contributed by atoms with van der Waals surface area (Å²) < 4.78 is 5.30. The Labute approximate surface area is 118 Å². The summed E-state index contributed by atoms with van der Waals surface area (Å²) in [5.41, 5.74) is 0.667. The molecule has 0 saturated carbocycles. The molecule has 5 heteroatoms. The second-order valence-electron chi connectivity index (χ2n) is 4.96. The Morgan fingerprint density at radius 3 is 3.16 bits per heavy atom. The molecule has 1 saturated heterocycles. The van der Waals surface area contributed by atoms with E-state index in [1.165, 1.54) is 0 Å². The number of hydrogen-bond acceptors (Lipinski definition) is 4. The highest BCUT2D eigenvalue weighted by Gasteiger charge is 2.18. The van der Waals surface area contributed by atoms with E-state index in [0.717, 1.165) is 24.7 Å². The summed E-state index contributed by atoms with van der Waals surface area (Å²) in [5.74, 6) is 0.407. The maximum atomic E-state index is 12.2. The van der Waals surface area contributed by atoms with Crippen molar-refractivity contribution in [3.63, 3.8) is 0 Å². The van der Waals surface area contributed by atoms with Crippen LogP contribution in [0.5, 0.6) is 0 Å². The number of rotatable bonds is 5. The van der Waals surface area contributed by atoms with Gasteiger partial charge in [0.2, 0.25) is 0 Å². The van der Waals surface area contributed by atoms with Crippen LogP contribution >= 0.6 is 11.8 Å². The summed E-state index contributed by atoms with van der Waals surface area (Å²) in [6.07, 6.45) is 2.76. The Hall–Kier alpha value is -1.07. The molecule has 104 valence electrons. The Morgan fingerprint density at radius 2 is 2.47 bits per heavy atom. The van der Waals surface area contributed by atoms with Crippen molar-refractivity contribution in [2.75, 3.05) is 19.8 Å². The fourth-order valence-corrected chi connectivity index (χ4v) is 2.81. The van der Waals surface area contributed by atoms with Gasteiger partial charge in [0.25, 0.3) is 5.91 Å². The van der Waals surface area contributed by atoms with E-state index in [1.54, 1.807) is 24.0 Å². The van der Waals surface area contributed by atoms with Gasteiger partial charge in [-0.3, -0.25) is 4.79 Å². The van der Waals surface area contributed by atoms with Crippen LogP contribution in [0.4, 0.5) is 0 Å². The van der Waals surface area contributed by atoms with Crippen LogP contribution in [0.2, 0.25) is 0 Å². The van der Waals surface area contributed by atoms with Crippen molar-refractivity contribution in [3.05, 3.63) is 23.9 Å². The quantitative estimate of drug-likeness (QED) is 0.841. The third-order valence-corrected chi connectivity index (χ3v) is 3.96. The zero-order valence-corrected chi connectivity index (χ0v) is 12.2. The molecule has 1 unspecified atom stereocenters. The molecule has 0 radical (unpaired) electrons. The maximum Gasteiger partial charge on any atom is 0.254 e. The molecule has 0 bridgehead atoms. The van der Waals surface area contributed by atoms with Crippen LogP contribution in [0.3, 0.4) is 0 Å². The lowest BCUT2D eigenvalue weighted by Gasteiger charge is -2.12. The molecule has 1 N–H and O–H groups in total. The van der Waals surface area contributed by atoms with Gasteiger partial charge in [0.05, 0.1) is 12.2 Å². The third kappa shape index (κ3) is 4.21. The predicted octanol–water partition coefficient (Wildman–Crippen LogP) is 2.35. The summed E-state index contributed by atoms with van der Waals surface area (Å²) in [6.45, 7) is 6.43. The minimum Gasteiger partial charge on any atom is -0.381 e. The van der Waals surface area contributed by atoms with E-state index in [2.05, 4.69) is 24.1 Å². The molecule has 2 rings (SSSR count). The lowest BCUT2D eigenvalue weighted by Crippen LogP contribution is -2.30. The van der Waals surface area contributed by atoms with E-state index in [1.807, 2.05) is 6.07 Å². The Balaban J connectivity index is 1.97.